The number of nitrogens with zero attached hydrogens (tertiary/aromatic N) is 2. The SMILES string of the molecule is CCN(C(=O)c1cc2ccccc2[nH]1)[C@@H]1COCC(/C=N/[C@@H]2CCc3ccccc32)C1. The maximum Gasteiger partial charge on any atom is 0.270 e. The molecule has 5 nitrogen and oxygen atoms in total. The fourth-order valence-corrected chi connectivity index (χ4v) is 4.99. The highest BCUT2D eigenvalue weighted by atomic mass is 16.5. The molecule has 2 heterocycles. The summed E-state index contributed by atoms with van der Waals surface area (Å²) in [6.45, 7) is 3.94. The van der Waals surface area contributed by atoms with Crippen molar-refractivity contribution >= 4 is 23.0 Å². The number of hydrogen-bond acceptors (Lipinski definition) is 3. The molecule has 1 saturated heterocycles. The number of likely N-dealkylation sites (N-methyl/N-ethyl adjacent to an activating group) is 1. The van der Waals surface area contributed by atoms with Crippen molar-refractivity contribution in [1.29, 1.82) is 0 Å². The molecule has 0 bridgehead atoms. The number of fused-ring (bicyclic) bond motifs is 2. The number of ether oxygens (including phenoxy) is 1. The van der Waals surface area contributed by atoms with Crippen LogP contribution in [0.2, 0.25) is 0 Å². The normalized spacial score (nSPS) is 23.3. The zero-order valence-corrected chi connectivity index (χ0v) is 18.0. The molecule has 160 valence electrons. The van der Waals surface area contributed by atoms with Gasteiger partial charge >= 0.3 is 0 Å². The molecule has 1 aliphatic carbocycles. The number of rotatable bonds is 5. The van der Waals surface area contributed by atoms with E-state index < -0.39 is 0 Å². The van der Waals surface area contributed by atoms with Crippen molar-refractivity contribution in [3.05, 3.63) is 71.4 Å². The summed E-state index contributed by atoms with van der Waals surface area (Å²) in [5, 5.41) is 1.06. The predicted octanol–water partition coefficient (Wildman–Crippen LogP) is 4.79. The lowest BCUT2D eigenvalue weighted by Crippen LogP contribution is -2.47. The Hall–Kier alpha value is -2.92. The van der Waals surface area contributed by atoms with Crippen LogP contribution in [0.15, 0.2) is 59.6 Å². The van der Waals surface area contributed by atoms with Gasteiger partial charge in [0.2, 0.25) is 0 Å². The number of carbonyl (C=O) groups excluding carboxylic acids is 1. The lowest BCUT2D eigenvalue weighted by atomic mass is 9.97. The van der Waals surface area contributed by atoms with Crippen LogP contribution < -0.4 is 0 Å². The first kappa shape index (κ1) is 20.0. The Morgan fingerprint density at radius 2 is 2.03 bits per heavy atom. The molecule has 1 aliphatic heterocycles. The maximum absolute atomic E-state index is 13.3. The highest BCUT2D eigenvalue weighted by Gasteiger charge is 2.30. The molecule has 1 N–H and O–H groups in total. The number of aromatic nitrogens is 1. The average molecular weight is 416 g/mol. The molecule has 0 radical (unpaired) electrons. The predicted molar refractivity (Wildman–Crippen MR) is 124 cm³/mol. The smallest absolute Gasteiger partial charge is 0.270 e. The second-order valence-electron chi connectivity index (χ2n) is 8.60. The molecule has 5 heteroatoms. The average Bonchev–Trinajstić information content (AvgIpc) is 3.43. The molecule has 5 rings (SSSR count). The van der Waals surface area contributed by atoms with Gasteiger partial charge in [0, 0.05) is 29.6 Å². The zero-order chi connectivity index (χ0) is 21.2. The van der Waals surface area contributed by atoms with E-state index in [0.717, 1.165) is 30.2 Å². The highest BCUT2D eigenvalue weighted by Crippen LogP contribution is 2.34. The molecule has 31 heavy (non-hydrogen) atoms. The first-order valence-corrected chi connectivity index (χ1v) is 11.3. The van der Waals surface area contributed by atoms with Crippen LogP contribution in [0.1, 0.15) is 47.4 Å². The Labute approximate surface area is 183 Å². The minimum Gasteiger partial charge on any atom is -0.379 e. The number of aromatic amines is 1. The number of H-pyrrole nitrogens is 1. The van der Waals surface area contributed by atoms with Crippen LogP contribution in [-0.2, 0) is 11.2 Å². The van der Waals surface area contributed by atoms with E-state index in [4.69, 9.17) is 9.73 Å². The van der Waals surface area contributed by atoms with Crippen molar-refractivity contribution in [3.8, 4) is 0 Å². The van der Waals surface area contributed by atoms with Gasteiger partial charge in [0.15, 0.2) is 0 Å². The minimum absolute atomic E-state index is 0.0367. The molecule has 3 atom stereocenters. The van der Waals surface area contributed by atoms with E-state index in [-0.39, 0.29) is 23.9 Å². The van der Waals surface area contributed by atoms with Crippen LogP contribution in [0.5, 0.6) is 0 Å². The summed E-state index contributed by atoms with van der Waals surface area (Å²) in [6, 6.07) is 18.9. The van der Waals surface area contributed by atoms with Crippen molar-refractivity contribution in [3.63, 3.8) is 0 Å². The Balaban J connectivity index is 1.28. The topological polar surface area (TPSA) is 57.7 Å². The van der Waals surface area contributed by atoms with Crippen LogP contribution in [0.3, 0.4) is 0 Å². The molecule has 3 aromatic rings. The number of nitrogens with one attached hydrogen (secondary N) is 1. The number of aryl methyl sites for hydroxylation is 1. The molecule has 0 saturated carbocycles. The van der Waals surface area contributed by atoms with Gasteiger partial charge in [-0.3, -0.25) is 9.79 Å². The maximum atomic E-state index is 13.3. The molecule has 1 amide bonds. The number of aliphatic imine (C=N–C) groups is 1. The van der Waals surface area contributed by atoms with Gasteiger partial charge in [0.05, 0.1) is 25.3 Å². The number of para-hydroxylation sites is 1. The van der Waals surface area contributed by atoms with Crippen molar-refractivity contribution in [1.82, 2.24) is 9.88 Å². The van der Waals surface area contributed by atoms with E-state index >= 15 is 0 Å². The zero-order valence-electron chi connectivity index (χ0n) is 18.0. The fourth-order valence-electron chi connectivity index (χ4n) is 4.99. The van der Waals surface area contributed by atoms with Gasteiger partial charge in [-0.15, -0.1) is 0 Å². The third-order valence-electron chi connectivity index (χ3n) is 6.60. The van der Waals surface area contributed by atoms with Crippen LogP contribution in [0.25, 0.3) is 10.9 Å². The van der Waals surface area contributed by atoms with Gasteiger partial charge in [0.1, 0.15) is 5.69 Å². The summed E-state index contributed by atoms with van der Waals surface area (Å²) >= 11 is 0. The first-order valence-electron chi connectivity index (χ1n) is 11.3. The second kappa shape index (κ2) is 8.67. The Kier molecular flexibility index (Phi) is 5.60. The van der Waals surface area contributed by atoms with Gasteiger partial charge in [0.25, 0.3) is 5.91 Å². The van der Waals surface area contributed by atoms with E-state index in [0.29, 0.717) is 25.5 Å². The monoisotopic (exact) mass is 415 g/mol. The summed E-state index contributed by atoms with van der Waals surface area (Å²) < 4.78 is 5.91. The second-order valence-corrected chi connectivity index (χ2v) is 8.60. The molecular weight excluding hydrogens is 386 g/mol. The summed E-state index contributed by atoms with van der Waals surface area (Å²) in [6.07, 6.45) is 5.15. The van der Waals surface area contributed by atoms with E-state index in [1.807, 2.05) is 42.2 Å². The van der Waals surface area contributed by atoms with Crippen molar-refractivity contribution in [2.75, 3.05) is 19.8 Å². The van der Waals surface area contributed by atoms with E-state index in [9.17, 15) is 4.79 Å². The lowest BCUT2D eigenvalue weighted by Gasteiger charge is -2.35. The molecule has 2 aliphatic rings. The summed E-state index contributed by atoms with van der Waals surface area (Å²) in [4.78, 5) is 23.4. The molecular formula is C26H29N3O2. The van der Waals surface area contributed by atoms with Gasteiger partial charge in [-0.25, -0.2) is 0 Å². The quantitative estimate of drug-likeness (QED) is 0.609. The van der Waals surface area contributed by atoms with Gasteiger partial charge in [-0.1, -0.05) is 42.5 Å². The third-order valence-corrected chi connectivity index (χ3v) is 6.60. The highest BCUT2D eigenvalue weighted by molar-refractivity contribution is 5.98. The molecule has 2 aromatic carbocycles. The van der Waals surface area contributed by atoms with E-state index in [2.05, 4.69) is 35.5 Å². The van der Waals surface area contributed by atoms with Gasteiger partial charge < -0.3 is 14.6 Å². The minimum atomic E-state index is 0.0367. The third kappa shape index (κ3) is 4.02. The number of carbonyl (C=O) groups is 1. The van der Waals surface area contributed by atoms with E-state index in [1.54, 1.807) is 0 Å². The largest absolute Gasteiger partial charge is 0.379 e. The van der Waals surface area contributed by atoms with Gasteiger partial charge in [-0.2, -0.15) is 0 Å². The Morgan fingerprint density at radius 1 is 1.19 bits per heavy atom. The van der Waals surface area contributed by atoms with Crippen molar-refractivity contribution in [2.24, 2.45) is 10.9 Å². The summed E-state index contributed by atoms with van der Waals surface area (Å²) in [7, 11) is 0. The van der Waals surface area contributed by atoms with Crippen LogP contribution >= 0.6 is 0 Å². The Bertz CT molecular complexity index is 1070. The molecule has 0 spiro atoms. The molecule has 1 fully saturated rings. The van der Waals surface area contributed by atoms with Crippen LogP contribution in [-0.4, -0.2) is 47.8 Å². The molecule has 1 unspecified atom stereocenters. The Morgan fingerprint density at radius 3 is 2.90 bits per heavy atom. The van der Waals surface area contributed by atoms with Crippen molar-refractivity contribution in [2.45, 2.75) is 38.3 Å². The van der Waals surface area contributed by atoms with Crippen molar-refractivity contribution < 1.29 is 9.53 Å². The number of amides is 1. The first-order chi connectivity index (χ1) is 15.2. The lowest BCUT2D eigenvalue weighted by molar-refractivity contribution is 0.00670. The molecule has 1 aromatic heterocycles. The number of benzene rings is 2. The fraction of sp³-hybridized carbons (Fsp3) is 0.385. The van der Waals surface area contributed by atoms with Gasteiger partial charge in [-0.05, 0) is 49.4 Å². The van der Waals surface area contributed by atoms with E-state index in [1.165, 1.54) is 11.1 Å². The standard InChI is InChI=1S/C26H29N3O2/c1-2-29(26(30)25-14-20-8-4-6-10-23(20)28-25)21-13-18(16-31-17-21)15-27-24-12-11-19-7-3-5-9-22(19)24/h3-10,14-15,18,21,24,28H,2,11-13,16-17H2,1H3/b27-15+/t18?,21-,24+/m0/s1. The number of hydrogen-bond donors (Lipinski definition) is 1. The summed E-state index contributed by atoms with van der Waals surface area (Å²) in [5.41, 5.74) is 4.41. The summed E-state index contributed by atoms with van der Waals surface area (Å²) in [5.74, 6) is 0.269. The van der Waals surface area contributed by atoms with Crippen LogP contribution in [0, 0.1) is 5.92 Å². The van der Waals surface area contributed by atoms with Crippen LogP contribution in [0.4, 0.5) is 0 Å².